The fraction of sp³-hybridized carbons (Fsp3) is 0.320. The van der Waals surface area contributed by atoms with Crippen LogP contribution in [-0.4, -0.2) is 66.2 Å². The molecule has 1 aliphatic rings. The summed E-state index contributed by atoms with van der Waals surface area (Å²) in [5, 5.41) is 12.5. The van der Waals surface area contributed by atoms with Crippen molar-refractivity contribution in [3.8, 4) is 0 Å². The average Bonchev–Trinajstić information content (AvgIpc) is 3.36. The molecule has 33 heavy (non-hydrogen) atoms. The molecule has 0 saturated carbocycles. The maximum absolute atomic E-state index is 13.4. The lowest BCUT2D eigenvalue weighted by atomic mass is 10.0. The van der Waals surface area contributed by atoms with Crippen LogP contribution in [0.3, 0.4) is 0 Å². The zero-order valence-corrected chi connectivity index (χ0v) is 18.9. The zero-order valence-electron chi connectivity index (χ0n) is 18.1. The van der Waals surface area contributed by atoms with Crippen molar-refractivity contribution < 1.29 is 23.4 Å². The molecule has 0 unspecified atom stereocenters. The van der Waals surface area contributed by atoms with Gasteiger partial charge in [-0.3, -0.25) is 9.69 Å². The monoisotopic (exact) mass is 472 g/mol. The first kappa shape index (κ1) is 23.5. The van der Waals surface area contributed by atoms with Gasteiger partial charge in [-0.25, -0.2) is 8.78 Å². The molecule has 5 nitrogen and oxygen atoms in total. The number of hydrogen-bond acceptors (Lipinski definition) is 5. The molecule has 0 spiro atoms. The van der Waals surface area contributed by atoms with E-state index in [0.717, 1.165) is 16.0 Å². The van der Waals surface area contributed by atoms with Gasteiger partial charge in [0, 0.05) is 32.7 Å². The highest BCUT2D eigenvalue weighted by Gasteiger charge is 2.24. The Balaban J connectivity index is 1.31. The van der Waals surface area contributed by atoms with E-state index < -0.39 is 12.2 Å². The Morgan fingerprint density at radius 2 is 1.52 bits per heavy atom. The highest BCUT2D eigenvalue weighted by Crippen LogP contribution is 2.27. The van der Waals surface area contributed by atoms with Gasteiger partial charge in [-0.15, -0.1) is 11.3 Å². The van der Waals surface area contributed by atoms with Crippen LogP contribution in [0, 0.1) is 11.6 Å². The predicted octanol–water partition coefficient (Wildman–Crippen LogP) is 3.95. The number of aliphatic hydroxyl groups excluding tert-OH is 1. The molecule has 1 amide bonds. The van der Waals surface area contributed by atoms with E-state index in [1.54, 1.807) is 24.3 Å². The lowest BCUT2D eigenvalue weighted by Gasteiger charge is -2.35. The Hall–Kier alpha value is -2.65. The van der Waals surface area contributed by atoms with E-state index in [9.17, 15) is 18.7 Å². The Morgan fingerprint density at radius 1 is 0.939 bits per heavy atom. The smallest absolute Gasteiger partial charge is 0.264 e. The third-order valence-corrected chi connectivity index (χ3v) is 6.52. The topological polar surface area (TPSA) is 53.0 Å². The molecule has 2 heterocycles. The quantitative estimate of drug-likeness (QED) is 0.540. The lowest BCUT2D eigenvalue weighted by molar-refractivity contribution is -0.0137. The predicted molar refractivity (Wildman–Crippen MR) is 123 cm³/mol. The van der Waals surface area contributed by atoms with Crippen molar-refractivity contribution >= 4 is 17.2 Å². The standard InChI is InChI=1S/C25H26F2N2O3S/c26-20-7-3-18(4-8-20)24(19-5-9-21(27)10-6-19)32-17-22(30)16-28-11-13-29(14-12-28)25(31)23-2-1-15-33-23/h1-10,15,22,24,30H,11-14,16-17H2/t22-/m0/s1. The number of hydrogen-bond donors (Lipinski definition) is 1. The van der Waals surface area contributed by atoms with Crippen LogP contribution >= 0.6 is 11.3 Å². The first-order chi connectivity index (χ1) is 16.0. The lowest BCUT2D eigenvalue weighted by Crippen LogP contribution is -2.50. The van der Waals surface area contributed by atoms with E-state index in [1.165, 1.54) is 35.6 Å². The summed E-state index contributed by atoms with van der Waals surface area (Å²) >= 11 is 1.44. The highest BCUT2D eigenvalue weighted by atomic mass is 32.1. The van der Waals surface area contributed by atoms with Crippen LogP contribution in [0.1, 0.15) is 26.9 Å². The molecule has 2 aromatic carbocycles. The average molecular weight is 473 g/mol. The third-order valence-electron chi connectivity index (χ3n) is 5.66. The van der Waals surface area contributed by atoms with Crippen LogP contribution in [0.25, 0.3) is 0 Å². The minimum atomic E-state index is -0.743. The van der Waals surface area contributed by atoms with Crippen LogP contribution in [0.2, 0.25) is 0 Å². The number of carbonyl (C=O) groups excluding carboxylic acids is 1. The number of piperazine rings is 1. The molecule has 1 N–H and O–H groups in total. The number of halogens is 2. The first-order valence-electron chi connectivity index (χ1n) is 10.9. The molecule has 0 radical (unpaired) electrons. The van der Waals surface area contributed by atoms with Crippen molar-refractivity contribution in [2.24, 2.45) is 0 Å². The van der Waals surface area contributed by atoms with Gasteiger partial charge in [-0.1, -0.05) is 30.3 Å². The normalized spacial score (nSPS) is 15.7. The summed E-state index contributed by atoms with van der Waals surface area (Å²) in [6.07, 6.45) is -1.30. The van der Waals surface area contributed by atoms with Gasteiger partial charge in [0.05, 0.1) is 17.6 Å². The number of thiophene rings is 1. The van der Waals surface area contributed by atoms with Gasteiger partial charge in [0.2, 0.25) is 0 Å². The van der Waals surface area contributed by atoms with Crippen molar-refractivity contribution in [2.45, 2.75) is 12.2 Å². The van der Waals surface area contributed by atoms with Crippen molar-refractivity contribution in [3.05, 3.63) is 93.7 Å². The van der Waals surface area contributed by atoms with E-state index in [4.69, 9.17) is 4.74 Å². The molecule has 0 bridgehead atoms. The second-order valence-corrected chi connectivity index (χ2v) is 8.99. The van der Waals surface area contributed by atoms with E-state index >= 15 is 0 Å². The van der Waals surface area contributed by atoms with E-state index in [0.29, 0.717) is 32.7 Å². The molecule has 3 aromatic rings. The van der Waals surface area contributed by atoms with E-state index in [1.807, 2.05) is 22.4 Å². The van der Waals surface area contributed by atoms with Gasteiger partial charge in [0.1, 0.15) is 17.7 Å². The molecule has 1 saturated heterocycles. The largest absolute Gasteiger partial charge is 0.389 e. The summed E-state index contributed by atoms with van der Waals surface area (Å²) in [6.45, 7) is 3.05. The van der Waals surface area contributed by atoms with Gasteiger partial charge in [0.15, 0.2) is 0 Å². The van der Waals surface area contributed by atoms with E-state index in [-0.39, 0.29) is 24.1 Å². The molecule has 174 valence electrons. The number of benzene rings is 2. The van der Waals surface area contributed by atoms with E-state index in [2.05, 4.69) is 4.90 Å². The maximum atomic E-state index is 13.4. The number of amides is 1. The Morgan fingerprint density at radius 3 is 2.03 bits per heavy atom. The zero-order chi connectivity index (χ0) is 23.2. The number of carbonyl (C=O) groups is 1. The SMILES string of the molecule is O=C(c1cccs1)N1CCN(C[C@H](O)COC(c2ccc(F)cc2)c2ccc(F)cc2)CC1. The number of rotatable bonds is 8. The number of aliphatic hydroxyl groups is 1. The molecular formula is C25H26F2N2O3S. The van der Waals surface area contributed by atoms with Crippen LogP contribution in [0.5, 0.6) is 0 Å². The van der Waals surface area contributed by atoms with Crippen LogP contribution < -0.4 is 0 Å². The van der Waals surface area contributed by atoms with Crippen molar-refractivity contribution in [2.75, 3.05) is 39.3 Å². The molecule has 1 atom stereocenters. The van der Waals surface area contributed by atoms with Gasteiger partial charge in [-0.05, 0) is 46.8 Å². The summed E-state index contributed by atoms with van der Waals surface area (Å²) in [4.78, 5) is 17.2. The molecule has 8 heteroatoms. The fourth-order valence-corrected chi connectivity index (χ4v) is 4.60. The summed E-state index contributed by atoms with van der Waals surface area (Å²) in [7, 11) is 0. The molecular weight excluding hydrogens is 446 g/mol. The summed E-state index contributed by atoms with van der Waals surface area (Å²) in [5.74, 6) is -0.656. The second-order valence-electron chi connectivity index (χ2n) is 8.04. The van der Waals surface area contributed by atoms with Crippen LogP contribution in [0.4, 0.5) is 8.78 Å². The summed E-state index contributed by atoms with van der Waals surface area (Å²) < 4.78 is 32.8. The third kappa shape index (κ3) is 6.23. The number of ether oxygens (including phenoxy) is 1. The van der Waals surface area contributed by atoms with Gasteiger partial charge >= 0.3 is 0 Å². The fourth-order valence-electron chi connectivity index (χ4n) is 3.91. The molecule has 1 aromatic heterocycles. The Bertz CT molecular complexity index is 975. The molecule has 4 rings (SSSR count). The van der Waals surface area contributed by atoms with Crippen LogP contribution in [-0.2, 0) is 4.74 Å². The molecule has 1 fully saturated rings. The minimum absolute atomic E-state index is 0.0509. The van der Waals surface area contributed by atoms with Gasteiger partial charge < -0.3 is 14.7 Å². The van der Waals surface area contributed by atoms with Crippen molar-refractivity contribution in [1.82, 2.24) is 9.80 Å². The first-order valence-corrected chi connectivity index (χ1v) is 11.7. The highest BCUT2D eigenvalue weighted by molar-refractivity contribution is 7.12. The van der Waals surface area contributed by atoms with Crippen molar-refractivity contribution in [1.29, 1.82) is 0 Å². The maximum Gasteiger partial charge on any atom is 0.264 e. The van der Waals surface area contributed by atoms with Crippen molar-refractivity contribution in [3.63, 3.8) is 0 Å². The number of nitrogens with zero attached hydrogens (tertiary/aromatic N) is 2. The summed E-state index contributed by atoms with van der Waals surface area (Å²) in [5.41, 5.74) is 1.44. The molecule has 1 aliphatic heterocycles. The second kappa shape index (κ2) is 11.0. The van der Waals surface area contributed by atoms with Gasteiger partial charge in [-0.2, -0.15) is 0 Å². The Kier molecular flexibility index (Phi) is 7.82. The van der Waals surface area contributed by atoms with Crippen LogP contribution in [0.15, 0.2) is 66.0 Å². The minimum Gasteiger partial charge on any atom is -0.389 e. The number of β-amino-alcohol motifs (C(OH)–C–C–N with tert-alkyl or cyclic N) is 1. The summed E-state index contributed by atoms with van der Waals surface area (Å²) in [6, 6.07) is 15.6. The molecule has 0 aliphatic carbocycles. The Labute approximate surface area is 195 Å². The van der Waals surface area contributed by atoms with Gasteiger partial charge in [0.25, 0.3) is 5.91 Å².